The zero-order valence-electron chi connectivity index (χ0n) is 18.7. The van der Waals surface area contributed by atoms with Crippen LogP contribution in [0.3, 0.4) is 0 Å². The highest BCUT2D eigenvalue weighted by Gasteiger charge is 2.37. The Hall–Kier alpha value is -0.980. The van der Waals surface area contributed by atoms with E-state index in [2.05, 4.69) is 58.9 Å². The fourth-order valence-electron chi connectivity index (χ4n) is 3.96. The van der Waals surface area contributed by atoms with Crippen LogP contribution in [0.2, 0.25) is 0 Å². The van der Waals surface area contributed by atoms with Gasteiger partial charge in [-0.15, -0.1) is 0 Å². The topological polar surface area (TPSA) is 46.2 Å². The van der Waals surface area contributed by atoms with Gasteiger partial charge in [0.2, 0.25) is 0 Å². The number of hydrogen-bond acceptors (Lipinski definition) is 5. The summed E-state index contributed by atoms with van der Waals surface area (Å²) in [5.74, 6) is 0. The van der Waals surface area contributed by atoms with Gasteiger partial charge in [-0.1, -0.05) is 30.3 Å². The van der Waals surface area contributed by atoms with Crippen LogP contribution in [0, 0.1) is 0 Å². The van der Waals surface area contributed by atoms with Crippen LogP contribution >= 0.6 is 0 Å². The molecular formula is C24H38O5. The van der Waals surface area contributed by atoms with Crippen LogP contribution in [0.1, 0.15) is 53.0 Å². The molecule has 0 aliphatic carbocycles. The predicted octanol–water partition coefficient (Wildman–Crippen LogP) is 4.17. The third kappa shape index (κ3) is 7.04. The fraction of sp³-hybridized carbons (Fsp3) is 0.750. The molecule has 0 amide bonds. The first-order chi connectivity index (χ1) is 13.7. The van der Waals surface area contributed by atoms with Crippen LogP contribution < -0.4 is 0 Å². The third-order valence-electron chi connectivity index (χ3n) is 5.72. The Kier molecular flexibility index (Phi) is 7.74. The van der Waals surface area contributed by atoms with E-state index in [-0.39, 0.29) is 35.6 Å². The lowest BCUT2D eigenvalue weighted by Crippen LogP contribution is -2.51. The molecule has 1 aromatic carbocycles. The first kappa shape index (κ1) is 22.7. The molecule has 2 heterocycles. The summed E-state index contributed by atoms with van der Waals surface area (Å²) in [4.78, 5) is 0. The molecule has 0 radical (unpaired) electrons. The summed E-state index contributed by atoms with van der Waals surface area (Å²) >= 11 is 0. The van der Waals surface area contributed by atoms with Gasteiger partial charge >= 0.3 is 0 Å². The van der Waals surface area contributed by atoms with Crippen molar-refractivity contribution in [3.63, 3.8) is 0 Å². The normalized spacial score (nSPS) is 31.9. The average molecular weight is 407 g/mol. The predicted molar refractivity (Wildman–Crippen MR) is 113 cm³/mol. The molecule has 2 aliphatic heterocycles. The van der Waals surface area contributed by atoms with Crippen molar-refractivity contribution in [2.24, 2.45) is 0 Å². The van der Waals surface area contributed by atoms with E-state index in [0.717, 1.165) is 25.9 Å². The van der Waals surface area contributed by atoms with E-state index in [4.69, 9.17) is 23.7 Å². The van der Waals surface area contributed by atoms with Gasteiger partial charge in [0.05, 0.1) is 42.7 Å². The molecule has 3 rings (SSSR count). The first-order valence-corrected chi connectivity index (χ1v) is 10.9. The van der Waals surface area contributed by atoms with Gasteiger partial charge in [0.1, 0.15) is 6.10 Å². The summed E-state index contributed by atoms with van der Waals surface area (Å²) in [5, 5.41) is 0. The van der Waals surface area contributed by atoms with Crippen LogP contribution in [-0.4, -0.2) is 62.0 Å². The molecule has 2 aliphatic rings. The lowest BCUT2D eigenvalue weighted by molar-refractivity contribution is -0.229. The summed E-state index contributed by atoms with van der Waals surface area (Å²) in [6.07, 6.45) is 2.60. The second-order valence-electron chi connectivity index (χ2n) is 9.56. The summed E-state index contributed by atoms with van der Waals surface area (Å²) < 4.78 is 30.7. The molecule has 0 bridgehead atoms. The van der Waals surface area contributed by atoms with E-state index in [0.29, 0.717) is 19.8 Å². The maximum Gasteiger partial charge on any atom is 0.107 e. The molecule has 5 heteroatoms. The number of hydrogen-bond donors (Lipinski definition) is 0. The van der Waals surface area contributed by atoms with Gasteiger partial charge < -0.3 is 23.7 Å². The SMILES string of the molecule is C[C@H]1OCCC(C)(C)O[C@H]1CCOC[C@@H]1OCC(C)(C)O[C@H]1Cc1ccccc1. The van der Waals surface area contributed by atoms with Gasteiger partial charge in [-0.05, 0) is 53.0 Å². The number of rotatable bonds is 7. The molecule has 0 N–H and O–H groups in total. The molecule has 5 nitrogen and oxygen atoms in total. The van der Waals surface area contributed by atoms with Gasteiger partial charge in [-0.2, -0.15) is 0 Å². The van der Waals surface area contributed by atoms with Crippen molar-refractivity contribution in [2.75, 3.05) is 26.4 Å². The number of benzene rings is 1. The highest BCUT2D eigenvalue weighted by molar-refractivity contribution is 5.16. The van der Waals surface area contributed by atoms with Crippen molar-refractivity contribution < 1.29 is 23.7 Å². The van der Waals surface area contributed by atoms with E-state index in [1.807, 2.05) is 6.07 Å². The minimum atomic E-state index is -0.275. The quantitative estimate of drug-likeness (QED) is 0.636. The minimum Gasteiger partial charge on any atom is -0.379 e. The van der Waals surface area contributed by atoms with Crippen LogP contribution in [0.25, 0.3) is 0 Å². The van der Waals surface area contributed by atoms with Gasteiger partial charge in [0.25, 0.3) is 0 Å². The van der Waals surface area contributed by atoms with E-state index >= 15 is 0 Å². The summed E-state index contributed by atoms with van der Waals surface area (Å²) in [6.45, 7) is 13.0. The van der Waals surface area contributed by atoms with Crippen molar-refractivity contribution in [3.05, 3.63) is 35.9 Å². The van der Waals surface area contributed by atoms with Crippen molar-refractivity contribution in [2.45, 2.75) is 89.5 Å². The largest absolute Gasteiger partial charge is 0.379 e. The third-order valence-corrected chi connectivity index (χ3v) is 5.72. The van der Waals surface area contributed by atoms with Crippen LogP contribution in [0.5, 0.6) is 0 Å². The Balaban J connectivity index is 1.50. The van der Waals surface area contributed by atoms with Gasteiger partial charge in [-0.25, -0.2) is 0 Å². The molecule has 164 valence electrons. The molecule has 0 aromatic heterocycles. The Morgan fingerprint density at radius 1 is 0.931 bits per heavy atom. The Morgan fingerprint density at radius 2 is 1.66 bits per heavy atom. The van der Waals surface area contributed by atoms with E-state index in [1.165, 1.54) is 5.56 Å². The number of ether oxygens (including phenoxy) is 5. The van der Waals surface area contributed by atoms with Crippen molar-refractivity contribution >= 4 is 0 Å². The molecule has 2 saturated heterocycles. The first-order valence-electron chi connectivity index (χ1n) is 10.9. The zero-order chi connectivity index (χ0) is 20.9. The fourth-order valence-corrected chi connectivity index (χ4v) is 3.96. The summed E-state index contributed by atoms with van der Waals surface area (Å²) in [7, 11) is 0. The molecule has 0 unspecified atom stereocenters. The van der Waals surface area contributed by atoms with Crippen LogP contribution in [0.15, 0.2) is 30.3 Å². The molecule has 2 fully saturated rings. The Bertz CT molecular complexity index is 615. The van der Waals surface area contributed by atoms with Crippen LogP contribution in [-0.2, 0) is 30.1 Å². The van der Waals surface area contributed by atoms with E-state index in [1.54, 1.807) is 0 Å². The maximum atomic E-state index is 6.35. The highest BCUT2D eigenvalue weighted by Crippen LogP contribution is 2.27. The molecule has 0 saturated carbocycles. The maximum absolute atomic E-state index is 6.35. The molecule has 1 aromatic rings. The van der Waals surface area contributed by atoms with Crippen LogP contribution in [0.4, 0.5) is 0 Å². The zero-order valence-corrected chi connectivity index (χ0v) is 18.7. The molecule has 0 spiro atoms. The van der Waals surface area contributed by atoms with Crippen molar-refractivity contribution in [3.8, 4) is 0 Å². The standard InChI is InChI=1S/C24H38O5/c1-18-20(28-23(2,3)12-14-26-18)11-13-25-16-22-21(29-24(4,5)17-27-22)15-19-9-7-6-8-10-19/h6-10,18,20-22H,11-17H2,1-5H3/t18-,20+,21+,22+/m1/s1. The Morgan fingerprint density at radius 3 is 2.41 bits per heavy atom. The summed E-state index contributed by atoms with van der Waals surface area (Å²) in [6, 6.07) is 10.4. The average Bonchev–Trinajstić information content (AvgIpc) is 2.78. The summed E-state index contributed by atoms with van der Waals surface area (Å²) in [5.41, 5.74) is 0.828. The monoisotopic (exact) mass is 406 g/mol. The molecule has 4 atom stereocenters. The van der Waals surface area contributed by atoms with E-state index < -0.39 is 0 Å². The minimum absolute atomic E-state index is 0.0172. The second-order valence-corrected chi connectivity index (χ2v) is 9.56. The lowest BCUT2D eigenvalue weighted by Gasteiger charge is -2.41. The van der Waals surface area contributed by atoms with Crippen molar-refractivity contribution in [1.29, 1.82) is 0 Å². The van der Waals surface area contributed by atoms with Gasteiger partial charge in [-0.3, -0.25) is 0 Å². The Labute approximate surface area is 176 Å². The molecular weight excluding hydrogens is 368 g/mol. The lowest BCUT2D eigenvalue weighted by atomic mass is 10.00. The highest BCUT2D eigenvalue weighted by atomic mass is 16.6. The second kappa shape index (κ2) is 9.88. The van der Waals surface area contributed by atoms with E-state index in [9.17, 15) is 0 Å². The van der Waals surface area contributed by atoms with Gasteiger partial charge in [0.15, 0.2) is 0 Å². The molecule has 29 heavy (non-hydrogen) atoms. The van der Waals surface area contributed by atoms with Crippen molar-refractivity contribution in [1.82, 2.24) is 0 Å². The van der Waals surface area contributed by atoms with Gasteiger partial charge in [0, 0.05) is 19.6 Å². The smallest absolute Gasteiger partial charge is 0.107 e.